The van der Waals surface area contributed by atoms with E-state index < -0.39 is 57.7 Å². The molecule has 1 atom stereocenters. The van der Waals surface area contributed by atoms with E-state index >= 15 is 0 Å². The summed E-state index contributed by atoms with van der Waals surface area (Å²) in [6.07, 6.45) is -1.33. The number of anilines is 1. The lowest BCUT2D eigenvalue weighted by atomic mass is 10.1. The van der Waals surface area contributed by atoms with Gasteiger partial charge in [0.25, 0.3) is 10.0 Å². The SMILES string of the molecule is CC(C(=O)NC1CCCC1)N(Cc1ccccc1F)C(=O)CN(c1cccc(C(F)(F)F)c1)S(=O)(=O)c1ccccc1. The highest BCUT2D eigenvalue weighted by Crippen LogP contribution is 2.33. The summed E-state index contributed by atoms with van der Waals surface area (Å²) < 4.78 is 83.4. The average molecular weight is 606 g/mol. The van der Waals surface area contributed by atoms with Gasteiger partial charge < -0.3 is 10.2 Å². The van der Waals surface area contributed by atoms with Gasteiger partial charge in [-0.15, -0.1) is 0 Å². The monoisotopic (exact) mass is 605 g/mol. The summed E-state index contributed by atoms with van der Waals surface area (Å²) >= 11 is 0. The van der Waals surface area contributed by atoms with Crippen molar-refractivity contribution in [2.75, 3.05) is 10.8 Å². The highest BCUT2D eigenvalue weighted by atomic mass is 32.2. The van der Waals surface area contributed by atoms with Crippen LogP contribution in [0.4, 0.5) is 23.2 Å². The molecule has 0 heterocycles. The van der Waals surface area contributed by atoms with Gasteiger partial charge in [-0.3, -0.25) is 13.9 Å². The molecular weight excluding hydrogens is 574 g/mol. The zero-order valence-corrected chi connectivity index (χ0v) is 23.7. The largest absolute Gasteiger partial charge is 0.416 e. The molecule has 0 saturated heterocycles. The quantitative estimate of drug-likeness (QED) is 0.309. The topological polar surface area (TPSA) is 86.8 Å². The van der Waals surface area contributed by atoms with Crippen LogP contribution in [0.15, 0.2) is 83.8 Å². The molecule has 0 aliphatic heterocycles. The zero-order chi connectivity index (χ0) is 30.5. The number of alkyl halides is 3. The van der Waals surface area contributed by atoms with Crippen LogP contribution in [0.3, 0.4) is 0 Å². The fraction of sp³-hybridized carbons (Fsp3) is 0.333. The highest BCUT2D eigenvalue weighted by molar-refractivity contribution is 7.92. The lowest BCUT2D eigenvalue weighted by Crippen LogP contribution is -2.52. The van der Waals surface area contributed by atoms with Gasteiger partial charge >= 0.3 is 6.18 Å². The Hall–Kier alpha value is -3.93. The van der Waals surface area contributed by atoms with E-state index in [9.17, 15) is 35.6 Å². The number of amides is 2. The van der Waals surface area contributed by atoms with Gasteiger partial charge in [0, 0.05) is 18.2 Å². The smallest absolute Gasteiger partial charge is 0.352 e. The van der Waals surface area contributed by atoms with Crippen LogP contribution < -0.4 is 9.62 Å². The van der Waals surface area contributed by atoms with Crippen LogP contribution in [-0.2, 0) is 32.3 Å². The molecule has 1 aliphatic rings. The Morgan fingerprint density at radius 1 is 0.952 bits per heavy atom. The van der Waals surface area contributed by atoms with Gasteiger partial charge in [-0.05, 0) is 56.2 Å². The molecule has 3 aromatic carbocycles. The Morgan fingerprint density at radius 2 is 1.60 bits per heavy atom. The van der Waals surface area contributed by atoms with Crippen LogP contribution >= 0.6 is 0 Å². The molecule has 1 saturated carbocycles. The predicted octanol–water partition coefficient (Wildman–Crippen LogP) is 5.52. The standard InChI is InChI=1S/C30H31F4N3O4S/c1-21(29(39)35-24-12-6-7-13-24)36(19-22-10-5-8-17-27(22)31)28(38)20-37(42(40,41)26-15-3-2-4-16-26)25-14-9-11-23(18-25)30(32,33)34/h2-5,8-11,14-18,21,24H,6-7,12-13,19-20H2,1H3,(H,35,39). The summed E-state index contributed by atoms with van der Waals surface area (Å²) in [5, 5.41) is 2.90. The lowest BCUT2D eigenvalue weighted by molar-refractivity contribution is -0.139. The second-order valence-corrected chi connectivity index (χ2v) is 12.0. The summed E-state index contributed by atoms with van der Waals surface area (Å²) in [6.45, 7) is 0.143. The molecule has 0 bridgehead atoms. The molecule has 1 N–H and O–H groups in total. The van der Waals surface area contributed by atoms with Crippen molar-refractivity contribution in [2.45, 2.75) is 62.3 Å². The summed E-state index contributed by atoms with van der Waals surface area (Å²) in [4.78, 5) is 27.9. The first-order chi connectivity index (χ1) is 19.9. The first kappa shape index (κ1) is 31.0. The summed E-state index contributed by atoms with van der Waals surface area (Å²) in [7, 11) is -4.55. The number of sulfonamides is 1. The Morgan fingerprint density at radius 3 is 2.24 bits per heavy atom. The summed E-state index contributed by atoms with van der Waals surface area (Å²) in [5.41, 5.74) is -1.41. The Bertz CT molecular complexity index is 1510. The van der Waals surface area contributed by atoms with Gasteiger partial charge in [-0.1, -0.05) is 55.3 Å². The third-order valence-electron chi connectivity index (χ3n) is 7.24. The van der Waals surface area contributed by atoms with Crippen molar-refractivity contribution in [1.29, 1.82) is 0 Å². The molecule has 3 aromatic rings. The number of benzene rings is 3. The van der Waals surface area contributed by atoms with Crippen LogP contribution in [0.25, 0.3) is 0 Å². The van der Waals surface area contributed by atoms with Crippen molar-refractivity contribution < 1.29 is 35.6 Å². The molecule has 42 heavy (non-hydrogen) atoms. The Kier molecular flexibility index (Phi) is 9.55. The molecule has 0 radical (unpaired) electrons. The van der Waals surface area contributed by atoms with Crippen molar-refractivity contribution in [3.05, 3.63) is 95.8 Å². The lowest BCUT2D eigenvalue weighted by Gasteiger charge is -2.32. The Labute approximate surface area is 242 Å². The normalized spacial score (nSPS) is 14.8. The van der Waals surface area contributed by atoms with Crippen molar-refractivity contribution in [3.63, 3.8) is 0 Å². The zero-order valence-electron chi connectivity index (χ0n) is 22.9. The third-order valence-corrected chi connectivity index (χ3v) is 9.03. The van der Waals surface area contributed by atoms with Crippen molar-refractivity contribution in [3.8, 4) is 0 Å². The maximum atomic E-state index is 14.6. The minimum absolute atomic E-state index is 0.0783. The van der Waals surface area contributed by atoms with E-state index in [2.05, 4.69) is 5.32 Å². The molecular formula is C30H31F4N3O4S. The van der Waals surface area contributed by atoms with Gasteiger partial charge in [0.05, 0.1) is 16.1 Å². The van der Waals surface area contributed by atoms with Crippen LogP contribution in [0, 0.1) is 5.82 Å². The van der Waals surface area contributed by atoms with E-state index in [0.29, 0.717) is 10.4 Å². The van der Waals surface area contributed by atoms with Gasteiger partial charge in [0.1, 0.15) is 18.4 Å². The van der Waals surface area contributed by atoms with Gasteiger partial charge in [-0.25, -0.2) is 12.8 Å². The average Bonchev–Trinajstić information content (AvgIpc) is 3.48. The molecule has 7 nitrogen and oxygen atoms in total. The highest BCUT2D eigenvalue weighted by Gasteiger charge is 2.36. The van der Waals surface area contributed by atoms with Gasteiger partial charge in [-0.2, -0.15) is 13.2 Å². The van der Waals surface area contributed by atoms with Crippen LogP contribution in [-0.4, -0.2) is 43.8 Å². The van der Waals surface area contributed by atoms with Gasteiger partial charge in [0.2, 0.25) is 11.8 Å². The minimum atomic E-state index is -4.77. The molecule has 2 amide bonds. The van der Waals surface area contributed by atoms with E-state index in [1.165, 1.54) is 49.4 Å². The van der Waals surface area contributed by atoms with Crippen LogP contribution in [0.1, 0.15) is 43.7 Å². The van der Waals surface area contributed by atoms with E-state index in [-0.39, 0.29) is 23.0 Å². The number of carbonyl (C=O) groups is 2. The number of halogens is 4. The number of rotatable bonds is 10. The molecule has 1 unspecified atom stereocenters. The number of hydrogen-bond acceptors (Lipinski definition) is 4. The van der Waals surface area contributed by atoms with Crippen molar-refractivity contribution in [2.24, 2.45) is 0 Å². The van der Waals surface area contributed by atoms with Crippen LogP contribution in [0.5, 0.6) is 0 Å². The van der Waals surface area contributed by atoms with E-state index in [0.717, 1.165) is 48.8 Å². The fourth-order valence-electron chi connectivity index (χ4n) is 4.87. The first-order valence-corrected chi connectivity index (χ1v) is 14.9. The van der Waals surface area contributed by atoms with Crippen molar-refractivity contribution >= 4 is 27.5 Å². The van der Waals surface area contributed by atoms with E-state index in [1.54, 1.807) is 12.1 Å². The fourth-order valence-corrected chi connectivity index (χ4v) is 6.30. The number of hydrogen-bond donors (Lipinski definition) is 1. The number of carbonyl (C=O) groups excluding carboxylic acids is 2. The summed E-state index contributed by atoms with van der Waals surface area (Å²) in [5.74, 6) is -2.03. The molecule has 12 heteroatoms. The maximum Gasteiger partial charge on any atom is 0.416 e. The molecule has 4 rings (SSSR count). The van der Waals surface area contributed by atoms with E-state index in [1.807, 2.05) is 0 Å². The maximum absolute atomic E-state index is 14.6. The second kappa shape index (κ2) is 12.9. The molecule has 0 aromatic heterocycles. The first-order valence-electron chi connectivity index (χ1n) is 13.5. The Balaban J connectivity index is 1.73. The number of nitrogens with one attached hydrogen (secondary N) is 1. The van der Waals surface area contributed by atoms with E-state index in [4.69, 9.17) is 0 Å². The third kappa shape index (κ3) is 7.28. The predicted molar refractivity (Wildman–Crippen MR) is 149 cm³/mol. The van der Waals surface area contributed by atoms with Crippen molar-refractivity contribution in [1.82, 2.24) is 10.2 Å². The molecule has 1 fully saturated rings. The minimum Gasteiger partial charge on any atom is -0.352 e. The van der Waals surface area contributed by atoms with Gasteiger partial charge in [0.15, 0.2) is 0 Å². The molecule has 224 valence electrons. The molecule has 0 spiro atoms. The number of nitrogens with zero attached hydrogens (tertiary/aromatic N) is 2. The van der Waals surface area contributed by atoms with Crippen LogP contribution in [0.2, 0.25) is 0 Å². The molecule has 1 aliphatic carbocycles. The summed E-state index contributed by atoms with van der Waals surface area (Å²) in [6, 6.07) is 15.0. The second-order valence-electron chi connectivity index (χ2n) is 10.2.